The van der Waals surface area contributed by atoms with Crippen molar-refractivity contribution in [2.45, 2.75) is 18.6 Å². The summed E-state index contributed by atoms with van der Waals surface area (Å²) in [5.74, 6) is -1.45. The molecule has 4 rings (SSSR count). The molecule has 0 saturated carbocycles. The molecule has 0 spiro atoms. The van der Waals surface area contributed by atoms with Crippen molar-refractivity contribution < 1.29 is 22.4 Å². The van der Waals surface area contributed by atoms with Gasteiger partial charge in [-0.2, -0.15) is 13.2 Å². The lowest BCUT2D eigenvalue weighted by Crippen LogP contribution is -2.42. The first-order valence-corrected chi connectivity index (χ1v) is 9.23. The SMILES string of the molecule is Cn1nnc2c1CCN(C(=O)c1cccc(C(F)(F)F)c1Cl)C2c1ncccc1F. The molecular formula is C19H14ClF4N5O. The smallest absolute Gasteiger partial charge is 0.324 e. The molecule has 30 heavy (non-hydrogen) atoms. The third-order valence-electron chi connectivity index (χ3n) is 4.97. The number of amides is 1. The summed E-state index contributed by atoms with van der Waals surface area (Å²) in [4.78, 5) is 18.6. The van der Waals surface area contributed by atoms with Gasteiger partial charge in [0.15, 0.2) is 0 Å². The van der Waals surface area contributed by atoms with E-state index in [1.807, 2.05) is 0 Å². The molecule has 1 aliphatic heterocycles. The zero-order valence-corrected chi connectivity index (χ0v) is 16.2. The van der Waals surface area contributed by atoms with Gasteiger partial charge in [-0.05, 0) is 24.3 Å². The first-order chi connectivity index (χ1) is 14.2. The van der Waals surface area contributed by atoms with Crippen LogP contribution in [0.15, 0.2) is 36.5 Å². The van der Waals surface area contributed by atoms with E-state index in [0.717, 1.165) is 12.1 Å². The Morgan fingerprint density at radius 3 is 2.67 bits per heavy atom. The number of benzene rings is 1. The highest BCUT2D eigenvalue weighted by Gasteiger charge is 2.40. The van der Waals surface area contributed by atoms with Crippen LogP contribution >= 0.6 is 11.6 Å². The van der Waals surface area contributed by atoms with Crippen LogP contribution in [-0.4, -0.2) is 37.3 Å². The quantitative estimate of drug-likeness (QED) is 0.570. The second kappa shape index (κ2) is 7.35. The Morgan fingerprint density at radius 1 is 1.20 bits per heavy atom. The van der Waals surface area contributed by atoms with Crippen molar-refractivity contribution in [3.8, 4) is 0 Å². The number of aromatic nitrogens is 4. The molecule has 1 unspecified atom stereocenters. The van der Waals surface area contributed by atoms with Gasteiger partial charge in [-0.3, -0.25) is 14.5 Å². The van der Waals surface area contributed by atoms with E-state index in [1.54, 1.807) is 7.05 Å². The first kappa shape index (κ1) is 20.3. The number of carbonyl (C=O) groups excluding carboxylic acids is 1. The van der Waals surface area contributed by atoms with Crippen LogP contribution < -0.4 is 0 Å². The van der Waals surface area contributed by atoms with Gasteiger partial charge in [0.25, 0.3) is 5.91 Å². The van der Waals surface area contributed by atoms with Crippen LogP contribution in [-0.2, 0) is 19.6 Å². The summed E-state index contributed by atoms with van der Waals surface area (Å²) < 4.78 is 55.8. The third kappa shape index (κ3) is 3.30. The number of halogens is 5. The average molecular weight is 440 g/mol. The maximum atomic E-state index is 14.6. The van der Waals surface area contributed by atoms with Crippen LogP contribution in [0.25, 0.3) is 0 Å². The standard InChI is InChI=1S/C19H14ClF4N5O/c1-28-13-7-9-29(17(16(13)26-27-28)15-12(21)6-3-8-25-15)18(30)10-4-2-5-11(14(10)20)19(22,23)24/h2-6,8,17H,7,9H2,1H3. The fraction of sp³-hybridized carbons (Fsp3) is 0.263. The van der Waals surface area contributed by atoms with E-state index in [9.17, 15) is 22.4 Å². The van der Waals surface area contributed by atoms with Gasteiger partial charge in [-0.25, -0.2) is 4.39 Å². The zero-order chi connectivity index (χ0) is 21.6. The van der Waals surface area contributed by atoms with Gasteiger partial charge >= 0.3 is 6.18 Å². The number of fused-ring (bicyclic) bond motifs is 1. The molecule has 0 aliphatic carbocycles. The Kier molecular flexibility index (Phi) is 4.97. The number of hydrogen-bond donors (Lipinski definition) is 0. The molecule has 3 heterocycles. The van der Waals surface area contributed by atoms with E-state index < -0.39 is 34.5 Å². The molecule has 156 valence electrons. The Bertz CT molecular complexity index is 1130. The highest BCUT2D eigenvalue weighted by Crippen LogP contribution is 2.39. The van der Waals surface area contributed by atoms with Gasteiger partial charge in [-0.15, -0.1) is 5.10 Å². The van der Waals surface area contributed by atoms with Crippen molar-refractivity contribution in [1.82, 2.24) is 24.9 Å². The molecule has 2 aromatic heterocycles. The second-order valence-corrected chi connectivity index (χ2v) is 7.11. The fourth-order valence-corrected chi connectivity index (χ4v) is 3.88. The predicted molar refractivity (Wildman–Crippen MR) is 98.2 cm³/mol. The van der Waals surface area contributed by atoms with Crippen LogP contribution in [0.3, 0.4) is 0 Å². The lowest BCUT2D eigenvalue weighted by Gasteiger charge is -2.34. The maximum absolute atomic E-state index is 14.6. The molecule has 11 heteroatoms. The lowest BCUT2D eigenvalue weighted by atomic mass is 9.97. The van der Waals surface area contributed by atoms with Crippen molar-refractivity contribution >= 4 is 17.5 Å². The largest absolute Gasteiger partial charge is 0.417 e. The van der Waals surface area contributed by atoms with Gasteiger partial charge in [0.2, 0.25) is 0 Å². The van der Waals surface area contributed by atoms with Crippen molar-refractivity contribution in [3.63, 3.8) is 0 Å². The molecule has 1 aliphatic rings. The van der Waals surface area contributed by atoms with Gasteiger partial charge in [0.05, 0.1) is 21.8 Å². The van der Waals surface area contributed by atoms with Crippen molar-refractivity contribution in [1.29, 1.82) is 0 Å². The average Bonchev–Trinajstić information content (AvgIpc) is 3.08. The van der Waals surface area contributed by atoms with E-state index in [-0.39, 0.29) is 17.8 Å². The number of alkyl halides is 3. The number of aryl methyl sites for hydroxylation is 1. The number of nitrogens with zero attached hydrogens (tertiary/aromatic N) is 5. The molecule has 1 atom stereocenters. The molecule has 0 saturated heterocycles. The van der Waals surface area contributed by atoms with E-state index in [2.05, 4.69) is 15.3 Å². The maximum Gasteiger partial charge on any atom is 0.417 e. The summed E-state index contributed by atoms with van der Waals surface area (Å²) in [5, 5.41) is 7.29. The molecule has 1 amide bonds. The third-order valence-corrected chi connectivity index (χ3v) is 5.38. The molecule has 3 aromatic rings. The fourth-order valence-electron chi connectivity index (χ4n) is 3.56. The predicted octanol–water partition coefficient (Wildman–Crippen LogP) is 3.81. The summed E-state index contributed by atoms with van der Waals surface area (Å²) in [6, 6.07) is 4.64. The van der Waals surface area contributed by atoms with Crippen LogP contribution in [0.5, 0.6) is 0 Å². The minimum Gasteiger partial charge on any atom is -0.324 e. The number of carbonyl (C=O) groups is 1. The minimum absolute atomic E-state index is 0.0737. The molecule has 0 radical (unpaired) electrons. The zero-order valence-electron chi connectivity index (χ0n) is 15.5. The monoisotopic (exact) mass is 439 g/mol. The first-order valence-electron chi connectivity index (χ1n) is 8.85. The minimum atomic E-state index is -4.72. The highest BCUT2D eigenvalue weighted by molar-refractivity contribution is 6.34. The van der Waals surface area contributed by atoms with E-state index in [1.165, 1.54) is 34.0 Å². The molecule has 0 fully saturated rings. The van der Waals surface area contributed by atoms with Crippen LogP contribution in [0.2, 0.25) is 5.02 Å². The van der Waals surface area contributed by atoms with Gasteiger partial charge in [0, 0.05) is 26.2 Å². The summed E-state index contributed by atoms with van der Waals surface area (Å²) >= 11 is 5.95. The summed E-state index contributed by atoms with van der Waals surface area (Å²) in [7, 11) is 1.67. The number of rotatable bonds is 2. The van der Waals surface area contributed by atoms with Crippen molar-refractivity contribution in [3.05, 3.63) is 75.6 Å². The molecular weight excluding hydrogens is 426 g/mol. The highest BCUT2D eigenvalue weighted by atomic mass is 35.5. The summed E-state index contributed by atoms with van der Waals surface area (Å²) in [6.45, 7) is 0.0975. The summed E-state index contributed by atoms with van der Waals surface area (Å²) in [6.07, 6.45) is -3.02. The molecule has 1 aromatic carbocycles. The van der Waals surface area contributed by atoms with Crippen molar-refractivity contribution in [2.24, 2.45) is 7.05 Å². The Balaban J connectivity index is 1.84. The van der Waals surface area contributed by atoms with Crippen LogP contribution in [0, 0.1) is 5.82 Å². The second-order valence-electron chi connectivity index (χ2n) is 6.73. The molecule has 0 bridgehead atoms. The lowest BCUT2D eigenvalue weighted by molar-refractivity contribution is -0.137. The normalized spacial score (nSPS) is 16.5. The van der Waals surface area contributed by atoms with Crippen LogP contribution in [0.4, 0.5) is 17.6 Å². The summed E-state index contributed by atoms with van der Waals surface area (Å²) in [5.41, 5.74) is -0.523. The van der Waals surface area contributed by atoms with E-state index in [0.29, 0.717) is 17.8 Å². The van der Waals surface area contributed by atoms with E-state index >= 15 is 0 Å². The number of pyridine rings is 1. The molecule has 0 N–H and O–H groups in total. The van der Waals surface area contributed by atoms with E-state index in [4.69, 9.17) is 11.6 Å². The Labute approximate surface area is 173 Å². The topological polar surface area (TPSA) is 63.9 Å². The van der Waals surface area contributed by atoms with Gasteiger partial charge in [0.1, 0.15) is 23.2 Å². The Hall–Kier alpha value is -3.01. The van der Waals surface area contributed by atoms with Crippen molar-refractivity contribution in [2.75, 3.05) is 6.54 Å². The molecule has 6 nitrogen and oxygen atoms in total. The van der Waals surface area contributed by atoms with Gasteiger partial charge in [-0.1, -0.05) is 22.9 Å². The van der Waals surface area contributed by atoms with Gasteiger partial charge < -0.3 is 4.90 Å². The Morgan fingerprint density at radius 2 is 1.97 bits per heavy atom. The van der Waals surface area contributed by atoms with Crippen LogP contribution in [0.1, 0.15) is 39.0 Å². The number of hydrogen-bond acceptors (Lipinski definition) is 4.